The SMILES string of the molecule is COc1ccc2oc(-c3cncc(N)c3)nc2c1. The summed E-state index contributed by atoms with van der Waals surface area (Å²) in [4.78, 5) is 8.41. The minimum atomic E-state index is 0.498. The molecule has 0 atom stereocenters. The molecule has 1 aromatic carbocycles. The van der Waals surface area contributed by atoms with E-state index in [0.717, 1.165) is 16.8 Å². The van der Waals surface area contributed by atoms with Crippen LogP contribution in [0.4, 0.5) is 5.69 Å². The normalized spacial score (nSPS) is 10.7. The summed E-state index contributed by atoms with van der Waals surface area (Å²) in [6, 6.07) is 7.25. The van der Waals surface area contributed by atoms with E-state index in [9.17, 15) is 0 Å². The second-order valence-corrected chi connectivity index (χ2v) is 3.86. The lowest BCUT2D eigenvalue weighted by molar-refractivity contribution is 0.415. The molecule has 0 amide bonds. The highest BCUT2D eigenvalue weighted by molar-refractivity contribution is 5.77. The molecule has 0 bridgehead atoms. The third kappa shape index (κ3) is 1.75. The number of ether oxygens (including phenoxy) is 1. The van der Waals surface area contributed by atoms with Crippen molar-refractivity contribution in [1.29, 1.82) is 0 Å². The predicted octanol–water partition coefficient (Wildman–Crippen LogP) is 2.48. The summed E-state index contributed by atoms with van der Waals surface area (Å²) in [5.74, 6) is 1.24. The van der Waals surface area contributed by atoms with Crippen molar-refractivity contribution in [1.82, 2.24) is 9.97 Å². The van der Waals surface area contributed by atoms with Crippen LogP contribution in [-0.4, -0.2) is 17.1 Å². The molecule has 2 aromatic heterocycles. The fraction of sp³-hybridized carbons (Fsp3) is 0.0769. The second-order valence-electron chi connectivity index (χ2n) is 3.86. The zero-order valence-electron chi connectivity index (χ0n) is 9.75. The van der Waals surface area contributed by atoms with Crippen molar-refractivity contribution in [2.45, 2.75) is 0 Å². The van der Waals surface area contributed by atoms with Crippen LogP contribution in [0.5, 0.6) is 5.75 Å². The Bertz CT molecular complexity index is 706. The first kappa shape index (κ1) is 10.6. The van der Waals surface area contributed by atoms with Gasteiger partial charge in [-0.25, -0.2) is 4.98 Å². The van der Waals surface area contributed by atoms with Crippen LogP contribution in [0.25, 0.3) is 22.6 Å². The Morgan fingerprint density at radius 3 is 2.89 bits per heavy atom. The summed E-state index contributed by atoms with van der Waals surface area (Å²) >= 11 is 0. The van der Waals surface area contributed by atoms with Gasteiger partial charge >= 0.3 is 0 Å². The first-order valence-electron chi connectivity index (χ1n) is 5.42. The van der Waals surface area contributed by atoms with Gasteiger partial charge in [0.05, 0.1) is 18.4 Å². The van der Waals surface area contributed by atoms with Crippen LogP contribution in [0.15, 0.2) is 41.1 Å². The Balaban J connectivity index is 2.13. The van der Waals surface area contributed by atoms with Crippen molar-refractivity contribution in [3.8, 4) is 17.2 Å². The highest BCUT2D eigenvalue weighted by Crippen LogP contribution is 2.27. The van der Waals surface area contributed by atoms with E-state index in [1.165, 1.54) is 0 Å². The zero-order chi connectivity index (χ0) is 12.5. The van der Waals surface area contributed by atoms with E-state index in [1.54, 1.807) is 25.6 Å². The Morgan fingerprint density at radius 1 is 1.22 bits per heavy atom. The van der Waals surface area contributed by atoms with E-state index in [0.29, 0.717) is 17.2 Å². The maximum absolute atomic E-state index is 5.68. The molecule has 2 N–H and O–H groups in total. The molecule has 0 fully saturated rings. The second kappa shape index (κ2) is 4.03. The van der Waals surface area contributed by atoms with E-state index in [4.69, 9.17) is 14.9 Å². The van der Waals surface area contributed by atoms with Crippen molar-refractivity contribution < 1.29 is 9.15 Å². The monoisotopic (exact) mass is 241 g/mol. The zero-order valence-corrected chi connectivity index (χ0v) is 9.75. The maximum atomic E-state index is 5.68. The molecule has 0 saturated heterocycles. The van der Waals surface area contributed by atoms with E-state index >= 15 is 0 Å². The third-order valence-electron chi connectivity index (χ3n) is 2.60. The molecule has 0 unspecified atom stereocenters. The van der Waals surface area contributed by atoms with Gasteiger partial charge in [0.25, 0.3) is 0 Å². The molecule has 3 rings (SSSR count). The number of rotatable bonds is 2. The first-order chi connectivity index (χ1) is 8.76. The lowest BCUT2D eigenvalue weighted by Gasteiger charge is -1.95. The first-order valence-corrected chi connectivity index (χ1v) is 5.42. The van der Waals surface area contributed by atoms with Crippen molar-refractivity contribution in [3.05, 3.63) is 36.7 Å². The van der Waals surface area contributed by atoms with Crippen molar-refractivity contribution >= 4 is 16.8 Å². The Morgan fingerprint density at radius 2 is 2.11 bits per heavy atom. The molecule has 2 heterocycles. The van der Waals surface area contributed by atoms with E-state index in [1.807, 2.05) is 18.2 Å². The molecule has 18 heavy (non-hydrogen) atoms. The van der Waals surface area contributed by atoms with E-state index < -0.39 is 0 Å². The van der Waals surface area contributed by atoms with Gasteiger partial charge in [-0.3, -0.25) is 4.98 Å². The molecular weight excluding hydrogens is 230 g/mol. The molecule has 0 saturated carbocycles. The molecule has 90 valence electrons. The highest BCUT2D eigenvalue weighted by atomic mass is 16.5. The fourth-order valence-corrected chi connectivity index (χ4v) is 1.73. The molecular formula is C13H11N3O2. The van der Waals surface area contributed by atoms with Gasteiger partial charge in [0.1, 0.15) is 11.3 Å². The number of methoxy groups -OCH3 is 1. The molecule has 0 aliphatic rings. The summed E-state index contributed by atoms with van der Waals surface area (Å²) in [5.41, 5.74) is 8.46. The number of nitrogens with zero attached hydrogens (tertiary/aromatic N) is 2. The van der Waals surface area contributed by atoms with Crippen LogP contribution in [0.3, 0.4) is 0 Å². The summed E-state index contributed by atoms with van der Waals surface area (Å²) in [6.45, 7) is 0. The van der Waals surface area contributed by atoms with Crippen molar-refractivity contribution in [2.24, 2.45) is 0 Å². The van der Waals surface area contributed by atoms with Gasteiger partial charge in [-0.15, -0.1) is 0 Å². The average Bonchev–Trinajstić information content (AvgIpc) is 2.81. The topological polar surface area (TPSA) is 74.2 Å². The molecule has 0 radical (unpaired) electrons. The van der Waals surface area contributed by atoms with Crippen LogP contribution in [0, 0.1) is 0 Å². The van der Waals surface area contributed by atoms with Crippen LogP contribution in [-0.2, 0) is 0 Å². The molecule has 5 heteroatoms. The number of aromatic nitrogens is 2. The van der Waals surface area contributed by atoms with Gasteiger partial charge in [-0.05, 0) is 18.2 Å². The summed E-state index contributed by atoms with van der Waals surface area (Å²) in [5, 5.41) is 0. The lowest BCUT2D eigenvalue weighted by atomic mass is 10.2. The Hall–Kier alpha value is -2.56. The van der Waals surface area contributed by atoms with Crippen LogP contribution >= 0.6 is 0 Å². The number of hydrogen-bond donors (Lipinski definition) is 1. The van der Waals surface area contributed by atoms with Crippen LogP contribution in [0.1, 0.15) is 0 Å². The highest BCUT2D eigenvalue weighted by Gasteiger charge is 2.09. The fourth-order valence-electron chi connectivity index (χ4n) is 1.73. The minimum Gasteiger partial charge on any atom is -0.497 e. The molecule has 0 aliphatic heterocycles. The quantitative estimate of drug-likeness (QED) is 0.746. The number of nitrogen functional groups attached to an aromatic ring is 1. The number of fused-ring (bicyclic) bond motifs is 1. The minimum absolute atomic E-state index is 0.498. The van der Waals surface area contributed by atoms with Crippen molar-refractivity contribution in [2.75, 3.05) is 12.8 Å². The third-order valence-corrected chi connectivity index (χ3v) is 2.60. The van der Waals surface area contributed by atoms with E-state index in [-0.39, 0.29) is 0 Å². The Kier molecular flexibility index (Phi) is 2.37. The lowest BCUT2D eigenvalue weighted by Crippen LogP contribution is -1.87. The van der Waals surface area contributed by atoms with Gasteiger partial charge in [0.15, 0.2) is 5.58 Å². The van der Waals surface area contributed by atoms with Gasteiger partial charge in [-0.2, -0.15) is 0 Å². The number of oxazole rings is 1. The number of hydrogen-bond acceptors (Lipinski definition) is 5. The van der Waals surface area contributed by atoms with Crippen molar-refractivity contribution in [3.63, 3.8) is 0 Å². The number of benzene rings is 1. The predicted molar refractivity (Wildman–Crippen MR) is 68.2 cm³/mol. The smallest absolute Gasteiger partial charge is 0.228 e. The molecule has 0 aliphatic carbocycles. The van der Waals surface area contributed by atoms with Gasteiger partial charge in [-0.1, -0.05) is 0 Å². The Labute approximate surface area is 103 Å². The summed E-state index contributed by atoms with van der Waals surface area (Å²) < 4.78 is 10.8. The largest absolute Gasteiger partial charge is 0.497 e. The summed E-state index contributed by atoms with van der Waals surface area (Å²) in [7, 11) is 1.62. The maximum Gasteiger partial charge on any atom is 0.228 e. The average molecular weight is 241 g/mol. The molecule has 3 aromatic rings. The standard InChI is InChI=1S/C13H11N3O2/c1-17-10-2-3-12-11(5-10)16-13(18-12)8-4-9(14)7-15-6-8/h2-7H,14H2,1H3. The van der Waals surface area contributed by atoms with Gasteiger partial charge in [0, 0.05) is 18.5 Å². The van der Waals surface area contributed by atoms with Crippen LogP contribution in [0.2, 0.25) is 0 Å². The number of anilines is 1. The number of nitrogens with two attached hydrogens (primary N) is 1. The number of pyridine rings is 1. The molecule has 0 spiro atoms. The molecule has 5 nitrogen and oxygen atoms in total. The van der Waals surface area contributed by atoms with Gasteiger partial charge < -0.3 is 14.9 Å². The van der Waals surface area contributed by atoms with Crippen LogP contribution < -0.4 is 10.5 Å². The van der Waals surface area contributed by atoms with Gasteiger partial charge in [0.2, 0.25) is 5.89 Å². The van der Waals surface area contributed by atoms with E-state index in [2.05, 4.69) is 9.97 Å². The summed E-state index contributed by atoms with van der Waals surface area (Å²) in [6.07, 6.45) is 3.24.